The number of nitrogens with zero attached hydrogens (tertiary/aromatic N) is 1. The van der Waals surface area contributed by atoms with Crippen LogP contribution in [-0.4, -0.2) is 27.7 Å². The first-order valence-electron chi connectivity index (χ1n) is 13.3. The van der Waals surface area contributed by atoms with Crippen molar-refractivity contribution in [2.24, 2.45) is 0 Å². The zero-order valence-electron chi connectivity index (χ0n) is 22.5. The lowest BCUT2D eigenvalue weighted by molar-refractivity contribution is -0.118. The van der Waals surface area contributed by atoms with Crippen molar-refractivity contribution in [2.45, 2.75) is 18.5 Å². The highest BCUT2D eigenvalue weighted by molar-refractivity contribution is 5.97. The third-order valence-corrected chi connectivity index (χ3v) is 6.96. The fourth-order valence-corrected chi connectivity index (χ4v) is 5.04. The number of hydrogen-bond acceptors (Lipinski definition) is 3. The third kappa shape index (κ3) is 6.45. The molecule has 8 heteroatoms. The van der Waals surface area contributed by atoms with Crippen molar-refractivity contribution >= 4 is 17.7 Å². The summed E-state index contributed by atoms with van der Waals surface area (Å²) in [4.78, 5) is 38.1. The number of carboxylic acid groups (broad SMARTS) is 1. The minimum atomic E-state index is -1.37. The molecule has 0 radical (unpaired) electrons. The van der Waals surface area contributed by atoms with E-state index in [1.165, 1.54) is 22.8 Å². The molecular weight excluding hydrogens is 533 g/mol. The number of pyridine rings is 1. The normalized spacial score (nSPS) is 11.6. The Morgan fingerprint density at radius 3 is 1.93 bits per heavy atom. The Bertz CT molecular complexity index is 1700. The number of halogens is 1. The Balaban J connectivity index is 1.46. The van der Waals surface area contributed by atoms with Gasteiger partial charge in [0.25, 0.3) is 5.56 Å². The van der Waals surface area contributed by atoms with Gasteiger partial charge < -0.3 is 20.3 Å². The molecule has 1 aromatic heterocycles. The Labute approximate surface area is 241 Å². The number of rotatable bonds is 9. The zero-order valence-corrected chi connectivity index (χ0v) is 22.5. The van der Waals surface area contributed by atoms with Gasteiger partial charge in [0.15, 0.2) is 0 Å². The van der Waals surface area contributed by atoms with Gasteiger partial charge in [0, 0.05) is 23.2 Å². The first-order valence-corrected chi connectivity index (χ1v) is 13.3. The minimum absolute atomic E-state index is 0.145. The number of benzene rings is 4. The molecule has 1 heterocycles. The van der Waals surface area contributed by atoms with Gasteiger partial charge in [-0.15, -0.1) is 0 Å². The maximum Gasteiger partial charge on any atom is 0.405 e. The van der Waals surface area contributed by atoms with Crippen LogP contribution in [0.15, 0.2) is 132 Å². The van der Waals surface area contributed by atoms with Crippen molar-refractivity contribution in [1.29, 1.82) is 0 Å². The molecule has 2 amide bonds. The van der Waals surface area contributed by atoms with E-state index in [0.717, 1.165) is 22.8 Å². The largest absolute Gasteiger partial charge is 0.465 e. The highest BCUT2D eigenvalue weighted by Gasteiger charge is 2.32. The molecule has 4 aromatic carbocycles. The van der Waals surface area contributed by atoms with Gasteiger partial charge in [0.05, 0.1) is 12.2 Å². The Morgan fingerprint density at radius 2 is 1.36 bits per heavy atom. The van der Waals surface area contributed by atoms with E-state index in [1.807, 2.05) is 91.0 Å². The van der Waals surface area contributed by atoms with Crippen LogP contribution < -0.4 is 16.2 Å². The van der Waals surface area contributed by atoms with E-state index in [1.54, 1.807) is 12.1 Å². The summed E-state index contributed by atoms with van der Waals surface area (Å²) in [7, 11) is 0. The number of nitrogens with one attached hydrogen (secondary N) is 2. The quantitative estimate of drug-likeness (QED) is 0.202. The molecule has 0 aliphatic carbocycles. The molecule has 0 fully saturated rings. The lowest BCUT2D eigenvalue weighted by Gasteiger charge is -2.27. The first-order chi connectivity index (χ1) is 20.4. The first kappa shape index (κ1) is 28.0. The number of carbonyl (C=O) groups excluding carboxylic acids is 1. The van der Waals surface area contributed by atoms with E-state index in [-0.39, 0.29) is 23.4 Å². The molecule has 5 rings (SSSR count). The van der Waals surface area contributed by atoms with Gasteiger partial charge >= 0.3 is 6.09 Å². The molecule has 3 N–H and O–H groups in total. The monoisotopic (exact) mass is 561 g/mol. The molecule has 42 heavy (non-hydrogen) atoms. The topological polar surface area (TPSA) is 100 Å². The molecule has 0 spiro atoms. The number of aromatic nitrogens is 1. The van der Waals surface area contributed by atoms with Crippen molar-refractivity contribution in [2.75, 3.05) is 5.32 Å². The van der Waals surface area contributed by atoms with Crippen LogP contribution in [0.3, 0.4) is 0 Å². The van der Waals surface area contributed by atoms with Crippen LogP contribution in [0, 0.1) is 5.82 Å². The molecule has 0 aliphatic rings. The SMILES string of the molecule is O=C(O)NC(C(=O)Nc1ccc(-c2cccc(=O)n2Cc2ccccc2)c(F)c1)C(c1ccccc1)c1ccccc1. The van der Waals surface area contributed by atoms with Crippen LogP contribution in [0.25, 0.3) is 11.3 Å². The number of amides is 2. The van der Waals surface area contributed by atoms with Crippen molar-refractivity contribution in [3.05, 3.63) is 160 Å². The van der Waals surface area contributed by atoms with E-state index in [9.17, 15) is 19.5 Å². The van der Waals surface area contributed by atoms with Crippen LogP contribution in [0.1, 0.15) is 22.6 Å². The predicted octanol–water partition coefficient (Wildman–Crippen LogP) is 6.11. The molecule has 1 unspecified atom stereocenters. The number of hydrogen-bond donors (Lipinski definition) is 3. The van der Waals surface area contributed by atoms with E-state index < -0.39 is 29.8 Å². The summed E-state index contributed by atoms with van der Waals surface area (Å²) >= 11 is 0. The molecule has 0 saturated heterocycles. The van der Waals surface area contributed by atoms with Gasteiger partial charge in [-0.2, -0.15) is 0 Å². The minimum Gasteiger partial charge on any atom is -0.465 e. The van der Waals surface area contributed by atoms with Crippen LogP contribution in [0.4, 0.5) is 14.9 Å². The summed E-state index contributed by atoms with van der Waals surface area (Å²) in [5, 5.41) is 14.7. The zero-order chi connectivity index (χ0) is 29.5. The van der Waals surface area contributed by atoms with Gasteiger partial charge in [-0.25, -0.2) is 9.18 Å². The smallest absolute Gasteiger partial charge is 0.405 e. The Kier molecular flexibility index (Phi) is 8.53. The summed E-state index contributed by atoms with van der Waals surface area (Å²) in [6, 6.07) is 35.2. The summed E-state index contributed by atoms with van der Waals surface area (Å²) in [5.74, 6) is -1.95. The summed E-state index contributed by atoms with van der Waals surface area (Å²) in [5.41, 5.74) is 2.81. The van der Waals surface area contributed by atoms with Crippen LogP contribution >= 0.6 is 0 Å². The van der Waals surface area contributed by atoms with Crippen LogP contribution in [0.2, 0.25) is 0 Å². The standard InChI is InChI=1S/C34H28FN3O4/c35-28-21-26(19-20-27(28)29-17-10-18-30(39)38(29)22-23-11-4-1-5-12-23)36-33(40)32(37-34(41)42)31(24-13-6-2-7-14-24)25-15-8-3-9-16-25/h1-21,31-32,37H,22H2,(H,36,40)(H,41,42). The number of anilines is 1. The Hall–Kier alpha value is -5.50. The van der Waals surface area contributed by atoms with Gasteiger partial charge in [-0.3, -0.25) is 9.59 Å². The molecule has 7 nitrogen and oxygen atoms in total. The summed E-state index contributed by atoms with van der Waals surface area (Å²) < 4.78 is 17.0. The van der Waals surface area contributed by atoms with Gasteiger partial charge in [-0.1, -0.05) is 97.1 Å². The highest BCUT2D eigenvalue weighted by Crippen LogP contribution is 2.30. The van der Waals surface area contributed by atoms with E-state index in [2.05, 4.69) is 10.6 Å². The van der Waals surface area contributed by atoms with Gasteiger partial charge in [0.1, 0.15) is 11.9 Å². The average Bonchev–Trinajstić information content (AvgIpc) is 2.99. The van der Waals surface area contributed by atoms with E-state index in [0.29, 0.717) is 5.69 Å². The van der Waals surface area contributed by atoms with E-state index in [4.69, 9.17) is 0 Å². The van der Waals surface area contributed by atoms with E-state index >= 15 is 4.39 Å². The van der Waals surface area contributed by atoms with Crippen molar-refractivity contribution in [3.8, 4) is 11.3 Å². The molecule has 210 valence electrons. The lowest BCUT2D eigenvalue weighted by atomic mass is 9.84. The fourth-order valence-electron chi connectivity index (χ4n) is 5.04. The maximum atomic E-state index is 15.6. The van der Waals surface area contributed by atoms with Crippen molar-refractivity contribution in [1.82, 2.24) is 9.88 Å². The molecule has 0 bridgehead atoms. The molecule has 0 aliphatic heterocycles. The fraction of sp³-hybridized carbons (Fsp3) is 0.0882. The average molecular weight is 562 g/mol. The second-order valence-corrected chi connectivity index (χ2v) is 9.73. The summed E-state index contributed by atoms with van der Waals surface area (Å²) in [6.07, 6.45) is -1.37. The number of carbonyl (C=O) groups is 2. The highest BCUT2D eigenvalue weighted by atomic mass is 19.1. The van der Waals surface area contributed by atoms with Gasteiger partial charge in [0.2, 0.25) is 5.91 Å². The molecule has 1 atom stereocenters. The molecule has 0 saturated carbocycles. The molecule has 5 aromatic rings. The van der Waals surface area contributed by atoms with Crippen LogP contribution in [0.5, 0.6) is 0 Å². The van der Waals surface area contributed by atoms with Gasteiger partial charge in [-0.05, 0) is 41.0 Å². The van der Waals surface area contributed by atoms with Crippen molar-refractivity contribution < 1.29 is 19.1 Å². The van der Waals surface area contributed by atoms with Crippen LogP contribution in [-0.2, 0) is 11.3 Å². The lowest BCUT2D eigenvalue weighted by Crippen LogP contribution is -2.47. The maximum absolute atomic E-state index is 15.6. The second kappa shape index (κ2) is 12.8. The Morgan fingerprint density at radius 1 is 0.762 bits per heavy atom. The second-order valence-electron chi connectivity index (χ2n) is 9.73. The third-order valence-electron chi connectivity index (χ3n) is 6.96. The summed E-state index contributed by atoms with van der Waals surface area (Å²) in [6.45, 7) is 0.261. The predicted molar refractivity (Wildman–Crippen MR) is 160 cm³/mol. The van der Waals surface area contributed by atoms with Crippen molar-refractivity contribution in [3.63, 3.8) is 0 Å². The molecular formula is C34H28FN3O4.